The first-order chi connectivity index (χ1) is 9.22. The van der Waals surface area contributed by atoms with Gasteiger partial charge in [-0.05, 0) is 12.5 Å². The molecule has 19 heavy (non-hydrogen) atoms. The van der Waals surface area contributed by atoms with E-state index in [1.54, 1.807) is 14.0 Å². The summed E-state index contributed by atoms with van der Waals surface area (Å²) in [6, 6.07) is 11.0. The average Bonchev–Trinajstić information content (AvgIpc) is 2.46. The summed E-state index contributed by atoms with van der Waals surface area (Å²) in [7, 11) is 1.55. The molecule has 0 saturated heterocycles. The zero-order valence-corrected chi connectivity index (χ0v) is 11.0. The molecule has 2 rings (SSSR count). The average molecular weight is 260 g/mol. The lowest BCUT2D eigenvalue weighted by molar-refractivity contribution is 0.0917. The van der Waals surface area contributed by atoms with E-state index in [2.05, 4.69) is 0 Å². The highest BCUT2D eigenvalue weighted by Gasteiger charge is 2.17. The molecule has 1 aromatic heterocycles. The molecule has 0 amide bonds. The van der Waals surface area contributed by atoms with Crippen molar-refractivity contribution < 1.29 is 13.9 Å². The topological polar surface area (TPSA) is 48.7 Å². The zero-order chi connectivity index (χ0) is 13.7. The van der Waals surface area contributed by atoms with Crippen molar-refractivity contribution in [3.05, 3.63) is 64.2 Å². The Hall–Kier alpha value is -2.07. The van der Waals surface area contributed by atoms with Crippen LogP contribution in [0.5, 0.6) is 5.75 Å². The maximum Gasteiger partial charge on any atom is 0.227 e. The Labute approximate surface area is 111 Å². The van der Waals surface area contributed by atoms with Crippen LogP contribution in [0.3, 0.4) is 0 Å². The summed E-state index contributed by atoms with van der Waals surface area (Å²) in [4.78, 5) is 11.8. The molecule has 0 aliphatic heterocycles. The van der Waals surface area contributed by atoms with Crippen LogP contribution in [0.15, 0.2) is 51.9 Å². The van der Waals surface area contributed by atoms with Crippen LogP contribution >= 0.6 is 0 Å². The van der Waals surface area contributed by atoms with E-state index in [1.165, 1.54) is 12.3 Å². The molecule has 100 valence electrons. The van der Waals surface area contributed by atoms with Gasteiger partial charge < -0.3 is 13.9 Å². The lowest BCUT2D eigenvalue weighted by Gasteiger charge is -2.13. The van der Waals surface area contributed by atoms with Crippen molar-refractivity contribution in [1.29, 1.82) is 0 Å². The van der Waals surface area contributed by atoms with Crippen molar-refractivity contribution in [2.24, 2.45) is 0 Å². The van der Waals surface area contributed by atoms with Gasteiger partial charge in [0.1, 0.15) is 12.7 Å². The van der Waals surface area contributed by atoms with Crippen LogP contribution in [0.25, 0.3) is 0 Å². The van der Waals surface area contributed by atoms with Gasteiger partial charge >= 0.3 is 0 Å². The molecule has 0 aliphatic carbocycles. The molecule has 0 fully saturated rings. The minimum Gasteiger partial charge on any atom is -0.482 e. The number of methoxy groups -OCH3 is 1. The fourth-order valence-electron chi connectivity index (χ4n) is 1.68. The van der Waals surface area contributed by atoms with E-state index in [9.17, 15) is 4.79 Å². The standard InChI is InChI=1S/C15H16O4/c1-11(17-2)14-15(13(16)8-9-18-14)19-10-12-6-4-3-5-7-12/h3-9,11H,10H2,1-2H3/t11-/m0/s1. The predicted octanol–water partition coefficient (Wildman–Crippen LogP) is 2.93. The van der Waals surface area contributed by atoms with E-state index in [4.69, 9.17) is 13.9 Å². The van der Waals surface area contributed by atoms with Gasteiger partial charge in [-0.2, -0.15) is 0 Å². The van der Waals surface area contributed by atoms with Crippen molar-refractivity contribution in [1.82, 2.24) is 0 Å². The maximum absolute atomic E-state index is 11.8. The van der Waals surface area contributed by atoms with Crippen LogP contribution in [-0.2, 0) is 11.3 Å². The van der Waals surface area contributed by atoms with Gasteiger partial charge in [-0.25, -0.2) is 0 Å². The van der Waals surface area contributed by atoms with E-state index in [0.717, 1.165) is 5.56 Å². The van der Waals surface area contributed by atoms with Crippen molar-refractivity contribution in [3.8, 4) is 5.75 Å². The zero-order valence-electron chi connectivity index (χ0n) is 11.0. The molecule has 4 nitrogen and oxygen atoms in total. The molecule has 4 heteroatoms. The molecule has 1 aromatic carbocycles. The lowest BCUT2D eigenvalue weighted by Crippen LogP contribution is -2.11. The largest absolute Gasteiger partial charge is 0.482 e. The summed E-state index contributed by atoms with van der Waals surface area (Å²) in [5.74, 6) is 0.617. The van der Waals surface area contributed by atoms with Gasteiger partial charge in [-0.15, -0.1) is 0 Å². The Morgan fingerprint density at radius 1 is 1.21 bits per heavy atom. The summed E-state index contributed by atoms with van der Waals surface area (Å²) in [6.07, 6.45) is 1.02. The fraction of sp³-hybridized carbons (Fsp3) is 0.267. The summed E-state index contributed by atoms with van der Waals surface area (Å²) in [5, 5.41) is 0. The van der Waals surface area contributed by atoms with Crippen LogP contribution in [0, 0.1) is 0 Å². The molecule has 0 aliphatic rings. The van der Waals surface area contributed by atoms with Crippen molar-refractivity contribution in [2.45, 2.75) is 19.6 Å². The summed E-state index contributed by atoms with van der Waals surface area (Å²) >= 11 is 0. The summed E-state index contributed by atoms with van der Waals surface area (Å²) < 4.78 is 16.1. The highest BCUT2D eigenvalue weighted by molar-refractivity contribution is 5.27. The monoisotopic (exact) mass is 260 g/mol. The minimum absolute atomic E-state index is 0.207. The van der Waals surface area contributed by atoms with E-state index >= 15 is 0 Å². The Morgan fingerprint density at radius 3 is 2.63 bits per heavy atom. The third-order valence-corrected chi connectivity index (χ3v) is 2.81. The van der Waals surface area contributed by atoms with Gasteiger partial charge in [-0.3, -0.25) is 4.79 Å². The van der Waals surface area contributed by atoms with Crippen molar-refractivity contribution >= 4 is 0 Å². The Morgan fingerprint density at radius 2 is 1.95 bits per heavy atom. The smallest absolute Gasteiger partial charge is 0.227 e. The maximum atomic E-state index is 11.8. The molecule has 0 radical (unpaired) electrons. The molecule has 2 aromatic rings. The third kappa shape index (κ3) is 3.23. The number of ether oxygens (including phenoxy) is 2. The highest BCUT2D eigenvalue weighted by atomic mass is 16.5. The van der Waals surface area contributed by atoms with E-state index < -0.39 is 0 Å². The third-order valence-electron chi connectivity index (χ3n) is 2.81. The van der Waals surface area contributed by atoms with Gasteiger partial charge in [-0.1, -0.05) is 30.3 Å². The fourth-order valence-corrected chi connectivity index (χ4v) is 1.68. The van der Waals surface area contributed by atoms with Gasteiger partial charge in [0.15, 0.2) is 5.76 Å². The normalized spacial score (nSPS) is 12.1. The number of hydrogen-bond acceptors (Lipinski definition) is 4. The lowest BCUT2D eigenvalue weighted by atomic mass is 10.2. The minimum atomic E-state index is -0.334. The number of benzene rings is 1. The first-order valence-electron chi connectivity index (χ1n) is 6.03. The second kappa shape index (κ2) is 6.20. The molecule has 1 heterocycles. The SMILES string of the molecule is CO[C@@H](C)c1occc(=O)c1OCc1ccccc1. The second-order valence-corrected chi connectivity index (χ2v) is 4.13. The van der Waals surface area contributed by atoms with E-state index in [-0.39, 0.29) is 17.3 Å². The van der Waals surface area contributed by atoms with Crippen LogP contribution in [0.1, 0.15) is 24.4 Å². The number of rotatable bonds is 5. The van der Waals surface area contributed by atoms with Crippen molar-refractivity contribution in [3.63, 3.8) is 0 Å². The van der Waals surface area contributed by atoms with Crippen molar-refractivity contribution in [2.75, 3.05) is 7.11 Å². The Balaban J connectivity index is 2.22. The van der Waals surface area contributed by atoms with Gasteiger partial charge in [0.25, 0.3) is 0 Å². The van der Waals surface area contributed by atoms with Gasteiger partial charge in [0.05, 0.1) is 6.26 Å². The van der Waals surface area contributed by atoms with E-state index in [0.29, 0.717) is 12.4 Å². The Bertz CT molecular complexity index is 574. The molecule has 0 N–H and O–H groups in total. The van der Waals surface area contributed by atoms with Crippen LogP contribution in [0.2, 0.25) is 0 Å². The first-order valence-corrected chi connectivity index (χ1v) is 6.03. The first kappa shape index (κ1) is 13.4. The van der Waals surface area contributed by atoms with Crippen LogP contribution < -0.4 is 10.2 Å². The van der Waals surface area contributed by atoms with Gasteiger partial charge in [0, 0.05) is 13.2 Å². The highest BCUT2D eigenvalue weighted by Crippen LogP contribution is 2.24. The molecule has 1 atom stereocenters. The molecular formula is C15H16O4. The summed E-state index contributed by atoms with van der Waals surface area (Å²) in [6.45, 7) is 2.12. The predicted molar refractivity (Wildman–Crippen MR) is 71.2 cm³/mol. The summed E-state index contributed by atoms with van der Waals surface area (Å²) in [5.41, 5.74) is 0.780. The quantitative estimate of drug-likeness (QED) is 0.829. The number of hydrogen-bond donors (Lipinski definition) is 0. The van der Waals surface area contributed by atoms with E-state index in [1.807, 2.05) is 30.3 Å². The molecule has 0 saturated carbocycles. The van der Waals surface area contributed by atoms with Crippen LogP contribution in [0.4, 0.5) is 0 Å². The second-order valence-electron chi connectivity index (χ2n) is 4.13. The molecule has 0 spiro atoms. The van der Waals surface area contributed by atoms with Crippen LogP contribution in [-0.4, -0.2) is 7.11 Å². The molecular weight excluding hydrogens is 244 g/mol. The molecule has 0 bridgehead atoms. The Kier molecular flexibility index (Phi) is 4.36. The van der Waals surface area contributed by atoms with Gasteiger partial charge in [0.2, 0.25) is 11.2 Å². The molecule has 0 unspecified atom stereocenters.